The molecule has 0 heterocycles. The van der Waals surface area contributed by atoms with Gasteiger partial charge in [-0.1, -0.05) is 30.3 Å². The highest BCUT2D eigenvalue weighted by Gasteiger charge is 2.00. The Kier molecular flexibility index (Phi) is 1.93. The van der Waals surface area contributed by atoms with E-state index in [9.17, 15) is 0 Å². The summed E-state index contributed by atoms with van der Waals surface area (Å²) in [6, 6.07) is 12.1. The van der Waals surface area contributed by atoms with Crippen molar-refractivity contribution in [1.82, 2.24) is 0 Å². The highest BCUT2D eigenvalue weighted by molar-refractivity contribution is 5.89. The van der Waals surface area contributed by atoms with E-state index in [1.54, 1.807) is 7.11 Å². The van der Waals surface area contributed by atoms with E-state index >= 15 is 0 Å². The summed E-state index contributed by atoms with van der Waals surface area (Å²) in [5, 5.41) is 2.31. The van der Waals surface area contributed by atoms with Crippen molar-refractivity contribution >= 4 is 10.8 Å². The fraction of sp³-hybridized carbons (Fsp3) is 0.0833. The monoisotopic (exact) mass is 171 g/mol. The lowest BCUT2D eigenvalue weighted by molar-refractivity contribution is 0.419. The van der Waals surface area contributed by atoms with Crippen LogP contribution in [0.15, 0.2) is 36.4 Å². The molecule has 1 heteroatoms. The number of rotatable bonds is 1. The predicted molar refractivity (Wildman–Crippen MR) is 55.0 cm³/mol. The molecule has 0 atom stereocenters. The molecule has 0 saturated heterocycles. The normalized spacial score (nSPS) is 10.3. The number of ether oxygens (including phenoxy) is 1. The van der Waals surface area contributed by atoms with E-state index in [-0.39, 0.29) is 0 Å². The van der Waals surface area contributed by atoms with Gasteiger partial charge in [0, 0.05) is 5.39 Å². The quantitative estimate of drug-likeness (QED) is 0.640. The molecule has 0 amide bonds. The number of hydrogen-bond acceptors (Lipinski definition) is 1. The van der Waals surface area contributed by atoms with E-state index in [1.165, 1.54) is 5.39 Å². The Morgan fingerprint density at radius 2 is 1.92 bits per heavy atom. The van der Waals surface area contributed by atoms with Crippen LogP contribution in [0, 0.1) is 6.92 Å². The Morgan fingerprint density at radius 3 is 2.69 bits per heavy atom. The van der Waals surface area contributed by atoms with Crippen LogP contribution >= 0.6 is 0 Å². The number of hydrogen-bond donors (Lipinski definition) is 0. The molecule has 0 aliphatic heterocycles. The van der Waals surface area contributed by atoms with Gasteiger partial charge in [-0.2, -0.15) is 0 Å². The second kappa shape index (κ2) is 3.09. The lowest BCUT2D eigenvalue weighted by Crippen LogP contribution is -1.85. The van der Waals surface area contributed by atoms with Crippen molar-refractivity contribution in [3.05, 3.63) is 48.9 Å². The largest absolute Gasteiger partial charge is 0.496 e. The Labute approximate surface area is 78.0 Å². The van der Waals surface area contributed by atoms with Crippen LogP contribution in [-0.2, 0) is 0 Å². The molecule has 2 aromatic rings. The Hall–Kier alpha value is -1.50. The minimum atomic E-state index is 0.892. The summed E-state index contributed by atoms with van der Waals surface area (Å²) in [5.41, 5.74) is 0.982. The maximum Gasteiger partial charge on any atom is 0.126 e. The van der Waals surface area contributed by atoms with Crippen LogP contribution in [0.2, 0.25) is 0 Å². The van der Waals surface area contributed by atoms with Crippen LogP contribution in [0.5, 0.6) is 5.75 Å². The van der Waals surface area contributed by atoms with Gasteiger partial charge in [-0.25, -0.2) is 0 Å². The molecule has 13 heavy (non-hydrogen) atoms. The maximum absolute atomic E-state index is 5.27. The summed E-state index contributed by atoms with van der Waals surface area (Å²) in [5.74, 6) is 0.892. The van der Waals surface area contributed by atoms with Crippen LogP contribution in [0.1, 0.15) is 5.56 Å². The van der Waals surface area contributed by atoms with E-state index in [0.717, 1.165) is 16.7 Å². The second-order valence-corrected chi connectivity index (χ2v) is 3.02. The molecule has 0 aromatic heterocycles. The first-order chi connectivity index (χ1) is 6.31. The van der Waals surface area contributed by atoms with Gasteiger partial charge in [-0.15, -0.1) is 0 Å². The topological polar surface area (TPSA) is 9.23 Å². The number of methoxy groups -OCH3 is 1. The summed E-state index contributed by atoms with van der Waals surface area (Å²) in [6.45, 7) is 3.90. The van der Waals surface area contributed by atoms with E-state index in [2.05, 4.69) is 19.1 Å². The second-order valence-electron chi connectivity index (χ2n) is 3.02. The van der Waals surface area contributed by atoms with Crippen molar-refractivity contribution in [3.8, 4) is 5.75 Å². The smallest absolute Gasteiger partial charge is 0.126 e. The van der Waals surface area contributed by atoms with E-state index in [4.69, 9.17) is 4.74 Å². The van der Waals surface area contributed by atoms with Crippen LogP contribution in [0.3, 0.4) is 0 Å². The first kappa shape index (κ1) is 8.11. The van der Waals surface area contributed by atoms with Gasteiger partial charge >= 0.3 is 0 Å². The average Bonchev–Trinajstić information content (AvgIpc) is 2.16. The maximum atomic E-state index is 5.27. The standard InChI is InChI=1S/C12H11O/c1-9-7-10-5-3-4-6-11(10)12(8-9)13-2/h3-8H,1H2,2H3. The van der Waals surface area contributed by atoms with Crippen LogP contribution in [0.25, 0.3) is 10.8 Å². The summed E-state index contributed by atoms with van der Waals surface area (Å²) in [6.07, 6.45) is 0. The lowest BCUT2D eigenvalue weighted by atomic mass is 10.1. The Balaban J connectivity index is 2.81. The Morgan fingerprint density at radius 1 is 1.15 bits per heavy atom. The van der Waals surface area contributed by atoms with Gasteiger partial charge in [-0.3, -0.25) is 0 Å². The predicted octanol–water partition coefficient (Wildman–Crippen LogP) is 3.03. The molecular formula is C12H11O. The summed E-state index contributed by atoms with van der Waals surface area (Å²) < 4.78 is 5.27. The molecule has 2 rings (SSSR count). The van der Waals surface area contributed by atoms with Gasteiger partial charge in [-0.05, 0) is 23.9 Å². The first-order valence-corrected chi connectivity index (χ1v) is 4.20. The van der Waals surface area contributed by atoms with Gasteiger partial charge in [0.2, 0.25) is 0 Å². The van der Waals surface area contributed by atoms with Gasteiger partial charge in [0.25, 0.3) is 0 Å². The lowest BCUT2D eigenvalue weighted by Gasteiger charge is -2.06. The molecule has 0 aliphatic carbocycles. The third-order valence-electron chi connectivity index (χ3n) is 2.10. The molecule has 0 saturated carbocycles. The minimum Gasteiger partial charge on any atom is -0.496 e. The van der Waals surface area contributed by atoms with Gasteiger partial charge in [0.05, 0.1) is 7.11 Å². The van der Waals surface area contributed by atoms with Crippen LogP contribution < -0.4 is 4.74 Å². The van der Waals surface area contributed by atoms with E-state index in [0.29, 0.717) is 0 Å². The van der Waals surface area contributed by atoms with Crippen molar-refractivity contribution in [2.45, 2.75) is 0 Å². The molecule has 0 fully saturated rings. The van der Waals surface area contributed by atoms with Crippen molar-refractivity contribution in [2.75, 3.05) is 7.11 Å². The number of fused-ring (bicyclic) bond motifs is 1. The molecule has 65 valence electrons. The summed E-state index contributed by atoms with van der Waals surface area (Å²) >= 11 is 0. The average molecular weight is 171 g/mol. The van der Waals surface area contributed by atoms with Gasteiger partial charge in [0.1, 0.15) is 5.75 Å². The molecule has 0 bridgehead atoms. The zero-order valence-electron chi connectivity index (χ0n) is 7.58. The zero-order valence-corrected chi connectivity index (χ0v) is 7.58. The summed E-state index contributed by atoms with van der Waals surface area (Å²) in [7, 11) is 1.68. The molecule has 0 spiro atoms. The van der Waals surface area contributed by atoms with Crippen molar-refractivity contribution in [3.63, 3.8) is 0 Å². The Bertz CT molecular complexity index is 432. The highest BCUT2D eigenvalue weighted by atomic mass is 16.5. The van der Waals surface area contributed by atoms with Crippen LogP contribution in [0.4, 0.5) is 0 Å². The fourth-order valence-electron chi connectivity index (χ4n) is 1.50. The molecular weight excluding hydrogens is 160 g/mol. The van der Waals surface area contributed by atoms with E-state index in [1.807, 2.05) is 24.3 Å². The molecule has 1 radical (unpaired) electrons. The van der Waals surface area contributed by atoms with Gasteiger partial charge in [0.15, 0.2) is 0 Å². The molecule has 0 N–H and O–H groups in total. The van der Waals surface area contributed by atoms with Crippen molar-refractivity contribution in [1.29, 1.82) is 0 Å². The van der Waals surface area contributed by atoms with Crippen molar-refractivity contribution < 1.29 is 4.74 Å². The van der Waals surface area contributed by atoms with Crippen molar-refractivity contribution in [2.24, 2.45) is 0 Å². The fourth-order valence-corrected chi connectivity index (χ4v) is 1.50. The molecule has 2 aromatic carbocycles. The third-order valence-corrected chi connectivity index (χ3v) is 2.10. The minimum absolute atomic E-state index is 0.892. The SMILES string of the molecule is [CH2]c1cc(OC)c2ccccc2c1. The number of benzene rings is 2. The first-order valence-electron chi connectivity index (χ1n) is 4.20. The molecule has 0 aliphatic rings. The van der Waals surface area contributed by atoms with Gasteiger partial charge < -0.3 is 4.74 Å². The highest BCUT2D eigenvalue weighted by Crippen LogP contribution is 2.26. The van der Waals surface area contributed by atoms with Crippen LogP contribution in [-0.4, -0.2) is 7.11 Å². The molecule has 0 unspecified atom stereocenters. The summed E-state index contributed by atoms with van der Waals surface area (Å²) in [4.78, 5) is 0. The zero-order chi connectivity index (χ0) is 9.26. The third kappa shape index (κ3) is 1.37. The van der Waals surface area contributed by atoms with E-state index < -0.39 is 0 Å². The molecule has 1 nitrogen and oxygen atoms in total.